The van der Waals surface area contributed by atoms with Gasteiger partial charge in [-0.25, -0.2) is 18.4 Å². The zero-order valence-corrected chi connectivity index (χ0v) is 22.2. The second-order valence-electron chi connectivity index (χ2n) is 9.14. The molecule has 1 saturated heterocycles. The maximum Gasteiger partial charge on any atom is 0.574 e. The van der Waals surface area contributed by atoms with Crippen molar-refractivity contribution in [2.24, 2.45) is 10.7 Å². The van der Waals surface area contributed by atoms with Crippen molar-refractivity contribution in [2.75, 3.05) is 5.75 Å². The molecule has 0 bridgehead atoms. The van der Waals surface area contributed by atoms with Crippen LogP contribution >= 0.6 is 24.0 Å². The van der Waals surface area contributed by atoms with Crippen molar-refractivity contribution in [3.05, 3.63) is 47.1 Å². The fourth-order valence-corrected chi connectivity index (χ4v) is 6.63. The number of hydrogen-bond acceptors (Lipinski definition) is 7. The molecule has 0 unspecified atom stereocenters. The summed E-state index contributed by atoms with van der Waals surface area (Å²) in [6.07, 6.45) is -3.14. The Labute approximate surface area is 223 Å². The Kier molecular flexibility index (Phi) is 8.07. The Morgan fingerprint density at radius 1 is 1.24 bits per heavy atom. The molecule has 1 aromatic carbocycles. The number of pyridine rings is 1. The smallest absolute Gasteiger partial charge is 0.388 e. The van der Waals surface area contributed by atoms with E-state index in [9.17, 15) is 26.4 Å². The highest BCUT2D eigenvalue weighted by Gasteiger charge is 2.44. The second kappa shape index (κ2) is 10.3. The number of rotatable bonds is 4. The number of hydrogen-bond donors (Lipinski definition) is 1. The molecule has 1 aromatic heterocycles. The molecule has 37 heavy (non-hydrogen) atoms. The van der Waals surface area contributed by atoms with Crippen LogP contribution in [0.3, 0.4) is 0 Å². The summed E-state index contributed by atoms with van der Waals surface area (Å²) in [5.74, 6) is -0.937. The van der Waals surface area contributed by atoms with Gasteiger partial charge in [-0.15, -0.1) is 25.6 Å². The highest BCUT2D eigenvalue weighted by molar-refractivity contribution is 7.92. The lowest BCUT2D eigenvalue weighted by Gasteiger charge is -2.41. The summed E-state index contributed by atoms with van der Waals surface area (Å²) in [6, 6.07) is 7.18. The van der Waals surface area contributed by atoms with E-state index in [1.807, 2.05) is 0 Å². The molecule has 2 aliphatic heterocycles. The van der Waals surface area contributed by atoms with E-state index in [1.165, 1.54) is 17.2 Å². The van der Waals surface area contributed by atoms with Gasteiger partial charge in [-0.2, -0.15) is 0 Å². The van der Waals surface area contributed by atoms with Gasteiger partial charge in [0.25, 0.3) is 0 Å². The number of aliphatic imine (C=N–C) groups is 1. The van der Waals surface area contributed by atoms with E-state index in [0.29, 0.717) is 16.7 Å². The number of ether oxygens (including phenoxy) is 1. The van der Waals surface area contributed by atoms with Gasteiger partial charge in [0.1, 0.15) is 0 Å². The van der Waals surface area contributed by atoms with Crippen LogP contribution in [0.5, 0.6) is 5.88 Å². The number of benzene rings is 1. The molecular weight excluding hydrogens is 556 g/mol. The summed E-state index contributed by atoms with van der Waals surface area (Å²) in [4.78, 5) is 22.9. The van der Waals surface area contributed by atoms with Gasteiger partial charge in [0.2, 0.25) is 11.8 Å². The first-order valence-corrected chi connectivity index (χ1v) is 13.2. The van der Waals surface area contributed by atoms with Crippen LogP contribution in [-0.2, 0) is 20.2 Å². The summed E-state index contributed by atoms with van der Waals surface area (Å²) in [6.45, 7) is 3.34. The first-order chi connectivity index (χ1) is 16.7. The molecular formula is C23H25Cl2F3N4O4S. The van der Waals surface area contributed by atoms with Gasteiger partial charge in [0.05, 0.1) is 28.0 Å². The van der Waals surface area contributed by atoms with E-state index in [2.05, 4.69) is 14.7 Å². The number of nitrogens with zero attached hydrogens (tertiary/aromatic N) is 3. The predicted molar refractivity (Wildman–Crippen MR) is 135 cm³/mol. The van der Waals surface area contributed by atoms with Crippen LogP contribution in [0.15, 0.2) is 41.5 Å². The normalized spacial score (nSPS) is 25.7. The molecule has 0 spiro atoms. The van der Waals surface area contributed by atoms with Gasteiger partial charge in [-0.1, -0.05) is 29.8 Å². The first-order valence-electron chi connectivity index (χ1n) is 11.1. The fourth-order valence-electron chi connectivity index (χ4n) is 4.67. The Morgan fingerprint density at radius 2 is 1.95 bits per heavy atom. The van der Waals surface area contributed by atoms with Gasteiger partial charge < -0.3 is 10.5 Å². The van der Waals surface area contributed by atoms with Crippen molar-refractivity contribution in [2.45, 2.75) is 56.3 Å². The van der Waals surface area contributed by atoms with Crippen molar-refractivity contribution in [3.8, 4) is 17.0 Å². The van der Waals surface area contributed by atoms with E-state index in [4.69, 9.17) is 17.3 Å². The summed E-state index contributed by atoms with van der Waals surface area (Å²) < 4.78 is 65.3. The van der Waals surface area contributed by atoms with E-state index in [-0.39, 0.29) is 60.4 Å². The lowest BCUT2D eigenvalue weighted by atomic mass is 9.85. The molecule has 4 rings (SSSR count). The number of sulfone groups is 1. The van der Waals surface area contributed by atoms with Gasteiger partial charge in [-0.05, 0) is 38.3 Å². The third-order valence-electron chi connectivity index (χ3n) is 6.54. The molecule has 1 amide bonds. The van der Waals surface area contributed by atoms with Crippen LogP contribution in [0.4, 0.5) is 13.2 Å². The lowest BCUT2D eigenvalue weighted by Crippen LogP contribution is -2.56. The third-order valence-corrected chi connectivity index (χ3v) is 9.17. The minimum Gasteiger partial charge on any atom is -0.388 e. The molecule has 2 aliphatic rings. The van der Waals surface area contributed by atoms with Crippen molar-refractivity contribution < 1.29 is 31.1 Å². The van der Waals surface area contributed by atoms with E-state index < -0.39 is 32.9 Å². The summed E-state index contributed by atoms with van der Waals surface area (Å²) in [5, 5.41) is -0.334. The van der Waals surface area contributed by atoms with Crippen molar-refractivity contribution >= 4 is 45.7 Å². The highest BCUT2D eigenvalue weighted by Crippen LogP contribution is 2.42. The molecule has 1 fully saturated rings. The summed E-state index contributed by atoms with van der Waals surface area (Å²) >= 11 is 6.70. The number of nitrogens with two attached hydrogens (primary N) is 1. The Balaban J connectivity index is 0.00000380. The van der Waals surface area contributed by atoms with E-state index >= 15 is 0 Å². The quantitative estimate of drug-likeness (QED) is 0.571. The molecule has 2 N–H and O–H groups in total. The molecule has 2 aromatic rings. The second-order valence-corrected chi connectivity index (χ2v) is 12.1. The van der Waals surface area contributed by atoms with Gasteiger partial charge in [0, 0.05) is 29.4 Å². The molecule has 14 heteroatoms. The van der Waals surface area contributed by atoms with Crippen molar-refractivity contribution in [1.82, 2.24) is 9.88 Å². The topological polar surface area (TPSA) is 115 Å². The largest absolute Gasteiger partial charge is 0.574 e. The fraction of sp³-hybridized carbons (Fsp3) is 0.435. The lowest BCUT2D eigenvalue weighted by molar-refractivity contribution is -0.276. The van der Waals surface area contributed by atoms with E-state index in [0.717, 1.165) is 6.07 Å². The van der Waals surface area contributed by atoms with Crippen LogP contribution in [0.2, 0.25) is 5.02 Å². The molecule has 0 saturated carbocycles. The number of carbonyl (C=O) groups is 1. The Morgan fingerprint density at radius 3 is 2.51 bits per heavy atom. The number of carbonyl (C=O) groups excluding carboxylic acids is 1. The highest BCUT2D eigenvalue weighted by atomic mass is 35.5. The first kappa shape index (κ1) is 29.0. The molecule has 3 atom stereocenters. The number of amides is 1. The van der Waals surface area contributed by atoms with Crippen molar-refractivity contribution in [1.29, 1.82) is 0 Å². The summed E-state index contributed by atoms with van der Waals surface area (Å²) in [5.41, 5.74) is 6.56. The van der Waals surface area contributed by atoms with Crippen LogP contribution in [0.25, 0.3) is 11.1 Å². The maximum absolute atomic E-state index is 13.2. The monoisotopic (exact) mass is 580 g/mol. The molecule has 0 aliphatic carbocycles. The predicted octanol–water partition coefficient (Wildman–Crippen LogP) is 4.45. The number of guanidine groups is 1. The molecule has 8 nitrogen and oxygen atoms in total. The number of aromatic nitrogens is 1. The maximum atomic E-state index is 13.2. The molecule has 3 heterocycles. The van der Waals surface area contributed by atoms with E-state index in [1.54, 1.807) is 32.0 Å². The molecule has 202 valence electrons. The standard InChI is InChI=1S/C23H24ClF3N4O4S.ClH/c1-13-10-15(8-9-36(13,33)34)31-19(32)11-22(2,30-21(31)28)17-5-3-4-16(20(17)24)14-6-7-18(29-12-14)35-23(25,26)27;/h3-7,12-13,15H,8-11H2,1-2H3,(H2,28,30);1H/t13-,15+,22+;/m1./s1. The third kappa shape index (κ3) is 5.96. The van der Waals surface area contributed by atoms with Crippen molar-refractivity contribution in [3.63, 3.8) is 0 Å². The average molecular weight is 581 g/mol. The average Bonchev–Trinajstić information content (AvgIpc) is 2.75. The van der Waals surface area contributed by atoms with Crippen LogP contribution in [-0.4, -0.2) is 53.6 Å². The van der Waals surface area contributed by atoms with Crippen LogP contribution < -0.4 is 10.5 Å². The zero-order chi connectivity index (χ0) is 26.5. The SMILES string of the molecule is C[C@@H]1C[C@@H](N2C(=O)C[C@@](C)(c3cccc(-c4ccc(OC(F)(F)F)nc4)c3Cl)N=C2N)CCS1(=O)=O.Cl. The van der Waals surface area contributed by atoms with Gasteiger partial charge in [-0.3, -0.25) is 9.69 Å². The number of alkyl halides is 3. The Bertz CT molecular complexity index is 1320. The molecule has 0 radical (unpaired) electrons. The zero-order valence-electron chi connectivity index (χ0n) is 19.8. The van der Waals surface area contributed by atoms with Gasteiger partial charge >= 0.3 is 6.36 Å². The number of halogens is 5. The minimum absolute atomic E-state index is 0. The summed E-state index contributed by atoms with van der Waals surface area (Å²) in [7, 11) is -3.19. The van der Waals surface area contributed by atoms with Crippen LogP contribution in [0.1, 0.15) is 38.7 Å². The van der Waals surface area contributed by atoms with Gasteiger partial charge in [0.15, 0.2) is 15.8 Å². The minimum atomic E-state index is -4.86. The van der Waals surface area contributed by atoms with Crippen LogP contribution in [0, 0.1) is 0 Å². The Hall–Kier alpha value is -2.57.